The molecule has 0 spiro atoms. The fourth-order valence-electron chi connectivity index (χ4n) is 4.87. The number of carboxylic acids is 1. The number of ether oxygens (including phenoxy) is 1. The summed E-state index contributed by atoms with van der Waals surface area (Å²) in [6, 6.07) is 0. The van der Waals surface area contributed by atoms with E-state index in [0.29, 0.717) is 29.6 Å². The quantitative estimate of drug-likeness (QED) is 0.569. The van der Waals surface area contributed by atoms with E-state index in [9.17, 15) is 4.79 Å². The lowest BCUT2D eigenvalue weighted by Gasteiger charge is -2.32. The number of aliphatic carboxylic acids is 1. The van der Waals surface area contributed by atoms with Crippen molar-refractivity contribution in [2.75, 3.05) is 0 Å². The highest BCUT2D eigenvalue weighted by atomic mass is 16.6. The van der Waals surface area contributed by atoms with Gasteiger partial charge in [0.1, 0.15) is 0 Å². The van der Waals surface area contributed by atoms with Crippen molar-refractivity contribution in [2.45, 2.75) is 31.5 Å². The molecule has 1 aliphatic heterocycles. The van der Waals surface area contributed by atoms with Crippen molar-refractivity contribution in [1.29, 1.82) is 0 Å². The lowest BCUT2D eigenvalue weighted by molar-refractivity contribution is -0.133. The smallest absolute Gasteiger partial charge is 0.331 e. The Labute approximate surface area is 94.5 Å². The molecular formula is C13H16O3. The van der Waals surface area contributed by atoms with Gasteiger partial charge in [0.25, 0.3) is 0 Å². The van der Waals surface area contributed by atoms with Crippen LogP contribution in [0.4, 0.5) is 0 Å². The molecule has 0 aromatic carbocycles. The van der Waals surface area contributed by atoms with Gasteiger partial charge in [-0.05, 0) is 48.9 Å². The zero-order valence-corrected chi connectivity index (χ0v) is 9.13. The molecule has 1 N–H and O–H groups in total. The average molecular weight is 220 g/mol. The first-order chi connectivity index (χ1) is 7.66. The molecule has 3 saturated carbocycles. The van der Waals surface area contributed by atoms with Gasteiger partial charge in [0.2, 0.25) is 0 Å². The molecule has 0 radical (unpaired) electrons. The zero-order valence-electron chi connectivity index (χ0n) is 9.13. The van der Waals surface area contributed by atoms with Gasteiger partial charge >= 0.3 is 5.97 Å². The largest absolute Gasteiger partial charge is 0.478 e. The number of hydrogen-bond donors (Lipinski definition) is 1. The Hall–Kier alpha value is -0.830. The van der Waals surface area contributed by atoms with Crippen LogP contribution in [0.25, 0.3) is 0 Å². The molecule has 1 saturated heterocycles. The van der Waals surface area contributed by atoms with Crippen LogP contribution in [0, 0.1) is 29.6 Å². The molecule has 3 heteroatoms. The van der Waals surface area contributed by atoms with Crippen LogP contribution in [0.3, 0.4) is 0 Å². The van der Waals surface area contributed by atoms with E-state index in [1.807, 2.05) is 0 Å². The van der Waals surface area contributed by atoms with E-state index < -0.39 is 5.97 Å². The summed E-state index contributed by atoms with van der Waals surface area (Å²) in [4.78, 5) is 11.0. The van der Waals surface area contributed by atoms with Gasteiger partial charge in [-0.1, -0.05) is 6.58 Å². The van der Waals surface area contributed by atoms with E-state index in [1.54, 1.807) is 0 Å². The van der Waals surface area contributed by atoms with Gasteiger partial charge in [0, 0.05) is 5.57 Å². The normalized spacial score (nSPS) is 55.9. The summed E-state index contributed by atoms with van der Waals surface area (Å²) < 4.78 is 5.63. The SMILES string of the molecule is C=C(C(=O)O)C1CC2CC1C1C2CC2OC21. The molecule has 3 aliphatic carbocycles. The Morgan fingerprint density at radius 3 is 2.81 bits per heavy atom. The summed E-state index contributed by atoms with van der Waals surface area (Å²) in [5, 5.41) is 9.06. The van der Waals surface area contributed by atoms with Crippen molar-refractivity contribution in [3.63, 3.8) is 0 Å². The maximum absolute atomic E-state index is 11.0. The minimum Gasteiger partial charge on any atom is -0.478 e. The van der Waals surface area contributed by atoms with Crippen LogP contribution in [-0.4, -0.2) is 23.3 Å². The molecule has 7 atom stereocenters. The predicted octanol–water partition coefficient (Wildman–Crippen LogP) is 1.69. The van der Waals surface area contributed by atoms with Gasteiger partial charge in [0.15, 0.2) is 0 Å². The maximum atomic E-state index is 11.0. The summed E-state index contributed by atoms with van der Waals surface area (Å²) in [7, 11) is 0. The van der Waals surface area contributed by atoms with Gasteiger partial charge in [0.05, 0.1) is 12.2 Å². The number of carboxylic acid groups (broad SMARTS) is 1. The molecule has 1 heterocycles. The van der Waals surface area contributed by atoms with Crippen molar-refractivity contribution in [3.05, 3.63) is 12.2 Å². The minimum absolute atomic E-state index is 0.228. The highest BCUT2D eigenvalue weighted by Gasteiger charge is 2.66. The van der Waals surface area contributed by atoms with Crippen molar-refractivity contribution in [1.82, 2.24) is 0 Å². The van der Waals surface area contributed by atoms with Gasteiger partial charge < -0.3 is 9.84 Å². The monoisotopic (exact) mass is 220 g/mol. The lowest BCUT2D eigenvalue weighted by Crippen LogP contribution is -2.31. The van der Waals surface area contributed by atoms with E-state index in [4.69, 9.17) is 9.84 Å². The first-order valence-electron chi connectivity index (χ1n) is 6.24. The molecule has 4 rings (SSSR count). The van der Waals surface area contributed by atoms with E-state index in [-0.39, 0.29) is 5.92 Å². The molecule has 7 unspecified atom stereocenters. The summed E-state index contributed by atoms with van der Waals surface area (Å²) in [5.41, 5.74) is 0.440. The maximum Gasteiger partial charge on any atom is 0.331 e. The third-order valence-corrected chi connectivity index (χ3v) is 5.47. The molecule has 0 amide bonds. The molecule has 4 fully saturated rings. The van der Waals surface area contributed by atoms with E-state index >= 15 is 0 Å². The second-order valence-electron chi connectivity index (χ2n) is 5.95. The van der Waals surface area contributed by atoms with Crippen molar-refractivity contribution < 1.29 is 14.6 Å². The molecule has 86 valence electrons. The lowest BCUT2D eigenvalue weighted by atomic mass is 9.73. The van der Waals surface area contributed by atoms with E-state index in [0.717, 1.165) is 18.3 Å². The number of carbonyl (C=O) groups is 1. The van der Waals surface area contributed by atoms with Crippen LogP contribution < -0.4 is 0 Å². The van der Waals surface area contributed by atoms with Gasteiger partial charge in [-0.3, -0.25) is 0 Å². The van der Waals surface area contributed by atoms with Crippen LogP contribution in [0.1, 0.15) is 19.3 Å². The van der Waals surface area contributed by atoms with Crippen molar-refractivity contribution in [2.24, 2.45) is 29.6 Å². The Balaban J connectivity index is 1.62. The first kappa shape index (κ1) is 9.23. The predicted molar refractivity (Wildman–Crippen MR) is 56.7 cm³/mol. The van der Waals surface area contributed by atoms with Crippen LogP contribution in [-0.2, 0) is 9.53 Å². The fraction of sp³-hybridized carbons (Fsp3) is 0.769. The zero-order chi connectivity index (χ0) is 11.0. The van der Waals surface area contributed by atoms with Crippen LogP contribution in [0.15, 0.2) is 12.2 Å². The summed E-state index contributed by atoms with van der Waals surface area (Å²) in [6.45, 7) is 3.77. The topological polar surface area (TPSA) is 49.8 Å². The second kappa shape index (κ2) is 2.70. The fourth-order valence-corrected chi connectivity index (χ4v) is 4.87. The molecule has 0 aromatic heterocycles. The van der Waals surface area contributed by atoms with Gasteiger partial charge in [-0.2, -0.15) is 0 Å². The average Bonchev–Trinajstić information content (AvgIpc) is 2.65. The van der Waals surface area contributed by atoms with Gasteiger partial charge in [-0.15, -0.1) is 0 Å². The molecule has 4 aliphatic rings. The van der Waals surface area contributed by atoms with Gasteiger partial charge in [-0.25, -0.2) is 4.79 Å². The van der Waals surface area contributed by atoms with E-state index in [2.05, 4.69) is 6.58 Å². The minimum atomic E-state index is -0.805. The van der Waals surface area contributed by atoms with E-state index in [1.165, 1.54) is 12.8 Å². The number of rotatable bonds is 2. The number of epoxide rings is 1. The van der Waals surface area contributed by atoms with Crippen LogP contribution in [0.2, 0.25) is 0 Å². The first-order valence-corrected chi connectivity index (χ1v) is 6.24. The second-order valence-corrected chi connectivity index (χ2v) is 5.95. The highest BCUT2D eigenvalue weighted by Crippen LogP contribution is 2.66. The van der Waals surface area contributed by atoms with Crippen molar-refractivity contribution in [3.8, 4) is 0 Å². The molecule has 3 nitrogen and oxygen atoms in total. The van der Waals surface area contributed by atoms with Crippen LogP contribution in [0.5, 0.6) is 0 Å². The number of fused-ring (bicyclic) bond motifs is 7. The Morgan fingerprint density at radius 1 is 1.25 bits per heavy atom. The Bertz CT molecular complexity index is 389. The molecule has 0 aromatic rings. The molecule has 16 heavy (non-hydrogen) atoms. The third kappa shape index (κ3) is 0.956. The number of hydrogen-bond acceptors (Lipinski definition) is 2. The molecule has 2 bridgehead atoms. The van der Waals surface area contributed by atoms with Crippen molar-refractivity contribution >= 4 is 5.97 Å². The summed E-state index contributed by atoms with van der Waals surface area (Å²) in [5.74, 6) is 2.23. The summed E-state index contributed by atoms with van der Waals surface area (Å²) >= 11 is 0. The third-order valence-electron chi connectivity index (χ3n) is 5.47. The summed E-state index contributed by atoms with van der Waals surface area (Å²) in [6.07, 6.45) is 4.53. The Morgan fingerprint density at radius 2 is 2.06 bits per heavy atom. The Kier molecular flexibility index (Phi) is 1.56. The highest BCUT2D eigenvalue weighted by molar-refractivity contribution is 5.86. The van der Waals surface area contributed by atoms with Crippen LogP contribution >= 0.6 is 0 Å². The molecular weight excluding hydrogens is 204 g/mol. The standard InChI is InChI=1S/C13H16O3/c1-5(13(14)15)7-2-6-3-9(7)11-8(6)4-10-12(11)16-10/h6-12H,1-4H2,(H,14,15).